The van der Waals surface area contributed by atoms with E-state index < -0.39 is 0 Å². The maximum Gasteiger partial charge on any atom is 0.130 e. The van der Waals surface area contributed by atoms with Crippen LogP contribution in [-0.2, 0) is 0 Å². The van der Waals surface area contributed by atoms with Gasteiger partial charge in [-0.3, -0.25) is 0 Å². The van der Waals surface area contributed by atoms with Crippen molar-refractivity contribution in [3.63, 3.8) is 0 Å². The molecule has 4 nitrogen and oxygen atoms in total. The third-order valence-corrected chi connectivity index (χ3v) is 2.76. The van der Waals surface area contributed by atoms with Gasteiger partial charge in [0, 0.05) is 25.0 Å². The molecule has 1 aromatic heterocycles. The van der Waals surface area contributed by atoms with Crippen LogP contribution in [0.2, 0.25) is 0 Å². The van der Waals surface area contributed by atoms with E-state index in [-0.39, 0.29) is 0 Å². The van der Waals surface area contributed by atoms with Crippen molar-refractivity contribution in [2.24, 2.45) is 5.73 Å². The fraction of sp³-hybridized carbons (Fsp3) is 0.636. The summed E-state index contributed by atoms with van der Waals surface area (Å²) < 4.78 is 0. The van der Waals surface area contributed by atoms with Crippen LogP contribution in [0.3, 0.4) is 0 Å². The lowest BCUT2D eigenvalue weighted by atomic mass is 10.2. The monoisotopic (exact) mass is 206 g/mol. The zero-order valence-corrected chi connectivity index (χ0v) is 9.35. The smallest absolute Gasteiger partial charge is 0.130 e. The van der Waals surface area contributed by atoms with E-state index in [1.54, 1.807) is 0 Å². The normalized spacial score (nSPS) is 21.3. The molecule has 0 unspecified atom stereocenters. The molecule has 82 valence electrons. The molecule has 1 saturated heterocycles. The minimum Gasteiger partial charge on any atom is -0.367 e. The molecule has 0 bridgehead atoms. The number of aromatic nitrogens is 2. The maximum absolute atomic E-state index is 5.86. The molecular formula is C11H18N4. The van der Waals surface area contributed by atoms with Gasteiger partial charge in [0.15, 0.2) is 0 Å². The Labute approximate surface area is 90.5 Å². The molecule has 0 spiro atoms. The van der Waals surface area contributed by atoms with Crippen LogP contribution in [-0.4, -0.2) is 29.1 Å². The second-order valence-corrected chi connectivity index (χ2v) is 4.45. The first kappa shape index (κ1) is 10.4. The molecule has 4 heteroatoms. The Balaban J connectivity index is 2.10. The standard InChI is InChI=1S/C11H18N4/c1-8(2)11-13-5-10(6-14-11)15-4-3-9(12)7-15/h5-6,8-9H,3-4,7,12H2,1-2H3/t9-/m0/s1. The molecule has 0 aromatic carbocycles. The van der Waals surface area contributed by atoms with E-state index in [1.807, 2.05) is 12.4 Å². The first-order valence-corrected chi connectivity index (χ1v) is 5.49. The molecule has 1 aromatic rings. The van der Waals surface area contributed by atoms with E-state index in [2.05, 4.69) is 28.7 Å². The van der Waals surface area contributed by atoms with Gasteiger partial charge in [-0.15, -0.1) is 0 Å². The van der Waals surface area contributed by atoms with Crippen molar-refractivity contribution in [3.05, 3.63) is 18.2 Å². The first-order chi connectivity index (χ1) is 7.16. The summed E-state index contributed by atoms with van der Waals surface area (Å²) in [5.41, 5.74) is 6.95. The highest BCUT2D eigenvalue weighted by Gasteiger charge is 2.19. The van der Waals surface area contributed by atoms with Crippen LogP contribution in [0.15, 0.2) is 12.4 Å². The minimum atomic E-state index is 0.301. The van der Waals surface area contributed by atoms with E-state index in [4.69, 9.17) is 5.73 Å². The fourth-order valence-corrected chi connectivity index (χ4v) is 1.81. The molecule has 1 atom stereocenters. The fourth-order valence-electron chi connectivity index (χ4n) is 1.81. The van der Waals surface area contributed by atoms with Crippen molar-refractivity contribution in [3.8, 4) is 0 Å². The summed E-state index contributed by atoms with van der Waals surface area (Å²) in [7, 11) is 0. The zero-order chi connectivity index (χ0) is 10.8. The molecule has 1 aliphatic heterocycles. The number of rotatable bonds is 2. The van der Waals surface area contributed by atoms with Gasteiger partial charge in [0.2, 0.25) is 0 Å². The van der Waals surface area contributed by atoms with Gasteiger partial charge < -0.3 is 10.6 Å². The molecule has 15 heavy (non-hydrogen) atoms. The zero-order valence-electron chi connectivity index (χ0n) is 9.35. The van der Waals surface area contributed by atoms with Crippen LogP contribution in [0.5, 0.6) is 0 Å². The number of hydrogen-bond donors (Lipinski definition) is 1. The van der Waals surface area contributed by atoms with Crippen LogP contribution in [0.25, 0.3) is 0 Å². The van der Waals surface area contributed by atoms with Crippen LogP contribution < -0.4 is 10.6 Å². The van der Waals surface area contributed by atoms with Crippen molar-refractivity contribution in [2.75, 3.05) is 18.0 Å². The Morgan fingerprint density at radius 3 is 2.53 bits per heavy atom. The topological polar surface area (TPSA) is 55.0 Å². The second kappa shape index (κ2) is 4.14. The molecule has 2 heterocycles. The maximum atomic E-state index is 5.86. The summed E-state index contributed by atoms with van der Waals surface area (Å²) in [6.45, 7) is 6.14. The Bertz CT molecular complexity index is 320. The predicted octanol–water partition coefficient (Wildman–Crippen LogP) is 1.14. The van der Waals surface area contributed by atoms with E-state index in [0.717, 1.165) is 31.0 Å². The van der Waals surface area contributed by atoms with Gasteiger partial charge >= 0.3 is 0 Å². The van der Waals surface area contributed by atoms with Crippen molar-refractivity contribution in [1.82, 2.24) is 9.97 Å². The number of nitrogens with zero attached hydrogens (tertiary/aromatic N) is 3. The summed E-state index contributed by atoms with van der Waals surface area (Å²) in [5, 5.41) is 0. The van der Waals surface area contributed by atoms with Crippen molar-refractivity contribution < 1.29 is 0 Å². The van der Waals surface area contributed by atoms with Gasteiger partial charge in [-0.05, 0) is 6.42 Å². The SMILES string of the molecule is CC(C)c1ncc(N2CC[C@H](N)C2)cn1. The Morgan fingerprint density at radius 2 is 2.07 bits per heavy atom. The van der Waals surface area contributed by atoms with E-state index in [1.165, 1.54) is 0 Å². The van der Waals surface area contributed by atoms with Gasteiger partial charge in [-0.1, -0.05) is 13.8 Å². The summed E-state index contributed by atoms with van der Waals surface area (Å²) in [5.74, 6) is 1.29. The highest BCUT2D eigenvalue weighted by molar-refractivity contribution is 5.43. The van der Waals surface area contributed by atoms with Gasteiger partial charge in [0.05, 0.1) is 18.1 Å². The summed E-state index contributed by atoms with van der Waals surface area (Å²) >= 11 is 0. The van der Waals surface area contributed by atoms with Crippen LogP contribution >= 0.6 is 0 Å². The molecule has 1 aliphatic rings. The number of nitrogens with two attached hydrogens (primary N) is 1. The quantitative estimate of drug-likeness (QED) is 0.788. The lowest BCUT2D eigenvalue weighted by Crippen LogP contribution is -2.26. The van der Waals surface area contributed by atoms with Crippen LogP contribution in [0, 0.1) is 0 Å². The molecule has 0 aliphatic carbocycles. The average Bonchev–Trinajstić information content (AvgIpc) is 2.65. The van der Waals surface area contributed by atoms with Crippen LogP contribution in [0.1, 0.15) is 32.0 Å². The molecule has 2 rings (SSSR count). The molecule has 2 N–H and O–H groups in total. The first-order valence-electron chi connectivity index (χ1n) is 5.49. The number of hydrogen-bond acceptors (Lipinski definition) is 4. The van der Waals surface area contributed by atoms with Crippen molar-refractivity contribution >= 4 is 5.69 Å². The Morgan fingerprint density at radius 1 is 1.40 bits per heavy atom. The molecule has 1 fully saturated rings. The molecular weight excluding hydrogens is 188 g/mol. The molecule has 0 radical (unpaired) electrons. The van der Waals surface area contributed by atoms with E-state index in [0.29, 0.717) is 12.0 Å². The second-order valence-electron chi connectivity index (χ2n) is 4.45. The van der Waals surface area contributed by atoms with Gasteiger partial charge in [-0.25, -0.2) is 9.97 Å². The molecule has 0 saturated carbocycles. The third kappa shape index (κ3) is 2.26. The molecule has 0 amide bonds. The van der Waals surface area contributed by atoms with Crippen molar-refractivity contribution in [2.45, 2.75) is 32.2 Å². The Hall–Kier alpha value is -1.16. The van der Waals surface area contributed by atoms with Gasteiger partial charge in [-0.2, -0.15) is 0 Å². The summed E-state index contributed by atoms with van der Waals surface area (Å²) in [4.78, 5) is 11.0. The lowest BCUT2D eigenvalue weighted by Gasteiger charge is -2.17. The van der Waals surface area contributed by atoms with Crippen molar-refractivity contribution in [1.29, 1.82) is 0 Å². The Kier molecular flexibility index (Phi) is 2.86. The van der Waals surface area contributed by atoms with Gasteiger partial charge in [0.25, 0.3) is 0 Å². The van der Waals surface area contributed by atoms with E-state index >= 15 is 0 Å². The average molecular weight is 206 g/mol. The predicted molar refractivity (Wildman–Crippen MR) is 60.9 cm³/mol. The highest BCUT2D eigenvalue weighted by atomic mass is 15.2. The summed E-state index contributed by atoms with van der Waals surface area (Å²) in [6, 6.07) is 0.301. The minimum absolute atomic E-state index is 0.301. The number of anilines is 1. The third-order valence-electron chi connectivity index (χ3n) is 2.76. The highest BCUT2D eigenvalue weighted by Crippen LogP contribution is 2.18. The lowest BCUT2D eigenvalue weighted by molar-refractivity contribution is 0.750. The van der Waals surface area contributed by atoms with Gasteiger partial charge in [0.1, 0.15) is 5.82 Å². The summed E-state index contributed by atoms with van der Waals surface area (Å²) in [6.07, 6.45) is 4.87. The largest absolute Gasteiger partial charge is 0.367 e. The van der Waals surface area contributed by atoms with Crippen LogP contribution in [0.4, 0.5) is 5.69 Å². The van der Waals surface area contributed by atoms with E-state index in [9.17, 15) is 0 Å².